The molecule has 0 saturated carbocycles. The summed E-state index contributed by atoms with van der Waals surface area (Å²) < 4.78 is 13.8. The Morgan fingerprint density at radius 2 is 1.77 bits per heavy atom. The number of rotatable bonds is 11. The van der Waals surface area contributed by atoms with Crippen molar-refractivity contribution in [3.8, 4) is 22.7 Å². The van der Waals surface area contributed by atoms with Crippen molar-refractivity contribution in [2.24, 2.45) is 0 Å². The summed E-state index contributed by atoms with van der Waals surface area (Å²) in [5, 5.41) is 5.59. The summed E-state index contributed by atoms with van der Waals surface area (Å²) in [6.45, 7) is 4.19. The number of carbonyl (C=O) groups is 1. The Labute approximate surface area is 248 Å². The molecule has 204 valence electrons. The van der Waals surface area contributed by atoms with Crippen LogP contribution in [0.2, 0.25) is 5.02 Å². The molecule has 0 aliphatic carbocycles. The molecule has 40 heavy (non-hydrogen) atoms. The van der Waals surface area contributed by atoms with Gasteiger partial charge in [0, 0.05) is 42.1 Å². The zero-order chi connectivity index (χ0) is 27.9. The smallest absolute Gasteiger partial charge is 0.266 e. The maximum Gasteiger partial charge on any atom is 0.266 e. The van der Waals surface area contributed by atoms with E-state index in [0.29, 0.717) is 40.6 Å². The second kappa shape index (κ2) is 13.3. The van der Waals surface area contributed by atoms with Crippen LogP contribution in [0, 0.1) is 0 Å². The number of aromatic nitrogens is 2. The summed E-state index contributed by atoms with van der Waals surface area (Å²) >= 11 is 12.8. The van der Waals surface area contributed by atoms with Gasteiger partial charge in [0.2, 0.25) is 0 Å². The molecule has 9 heteroatoms. The summed E-state index contributed by atoms with van der Waals surface area (Å²) in [6, 6.07) is 25.3. The first-order chi connectivity index (χ1) is 19.5. The van der Waals surface area contributed by atoms with Crippen molar-refractivity contribution in [1.29, 1.82) is 0 Å². The van der Waals surface area contributed by atoms with Crippen LogP contribution in [0.15, 0.2) is 90.0 Å². The minimum Gasteiger partial charge on any atom is -0.489 e. The third-order valence-corrected chi connectivity index (χ3v) is 7.87. The molecule has 1 aromatic heterocycles. The second-order valence-electron chi connectivity index (χ2n) is 9.04. The van der Waals surface area contributed by atoms with Gasteiger partial charge in [0.05, 0.1) is 16.3 Å². The molecule has 0 N–H and O–H groups in total. The van der Waals surface area contributed by atoms with Crippen LogP contribution >= 0.6 is 35.6 Å². The van der Waals surface area contributed by atoms with Crippen molar-refractivity contribution in [3.63, 3.8) is 0 Å². The molecule has 0 unspecified atom stereocenters. The minimum atomic E-state index is -0.0872. The lowest BCUT2D eigenvalue weighted by atomic mass is 10.1. The largest absolute Gasteiger partial charge is 0.489 e. The number of nitrogens with zero attached hydrogens (tertiary/aromatic N) is 3. The van der Waals surface area contributed by atoms with E-state index in [0.717, 1.165) is 40.2 Å². The standard InChI is InChI=1S/C31H28ClN3O3S2/c1-2-37-18-6-17-34-30(36)28(40-31(34)39)19-24-20-35(26-7-4-3-5-8-26)33-29(24)23-11-15-27(16-12-23)38-21-22-9-13-25(32)14-10-22/h3-5,7-16,19-20H,2,6,17-18,21H2,1H3/b28-19-. The highest BCUT2D eigenvalue weighted by molar-refractivity contribution is 8.26. The van der Waals surface area contributed by atoms with E-state index in [1.165, 1.54) is 11.8 Å². The van der Waals surface area contributed by atoms with E-state index >= 15 is 0 Å². The highest BCUT2D eigenvalue weighted by Gasteiger charge is 2.32. The maximum absolute atomic E-state index is 13.2. The number of ether oxygens (including phenoxy) is 2. The summed E-state index contributed by atoms with van der Waals surface area (Å²) in [7, 11) is 0. The lowest BCUT2D eigenvalue weighted by Crippen LogP contribution is -2.29. The molecule has 6 nitrogen and oxygen atoms in total. The van der Waals surface area contributed by atoms with Crippen LogP contribution in [-0.2, 0) is 16.1 Å². The number of carbonyl (C=O) groups excluding carboxylic acids is 1. The van der Waals surface area contributed by atoms with Gasteiger partial charge in [-0.3, -0.25) is 9.69 Å². The minimum absolute atomic E-state index is 0.0872. The van der Waals surface area contributed by atoms with Gasteiger partial charge in [-0.1, -0.05) is 65.9 Å². The van der Waals surface area contributed by atoms with Crippen LogP contribution in [0.5, 0.6) is 5.75 Å². The number of thioether (sulfide) groups is 1. The normalized spacial score (nSPS) is 14.3. The predicted molar refractivity (Wildman–Crippen MR) is 166 cm³/mol. The fourth-order valence-corrected chi connectivity index (χ4v) is 5.62. The molecule has 0 radical (unpaired) electrons. The molecule has 5 rings (SSSR count). The number of hydrogen-bond donors (Lipinski definition) is 0. The molecule has 1 aliphatic heterocycles. The van der Waals surface area contributed by atoms with Gasteiger partial charge in [-0.2, -0.15) is 5.10 Å². The number of benzene rings is 3. The monoisotopic (exact) mass is 589 g/mol. The molecule has 1 fully saturated rings. The van der Waals surface area contributed by atoms with E-state index in [1.54, 1.807) is 4.90 Å². The Hall–Kier alpha value is -3.43. The van der Waals surface area contributed by atoms with E-state index in [9.17, 15) is 4.79 Å². The number of halogens is 1. The predicted octanol–water partition coefficient (Wildman–Crippen LogP) is 7.40. The number of thiocarbonyl (C=S) groups is 1. The Kier molecular flexibility index (Phi) is 9.34. The third kappa shape index (κ3) is 6.82. The van der Waals surface area contributed by atoms with Gasteiger partial charge in [0.15, 0.2) is 0 Å². The lowest BCUT2D eigenvalue weighted by molar-refractivity contribution is -0.122. The summed E-state index contributed by atoms with van der Waals surface area (Å²) in [4.78, 5) is 15.5. The van der Waals surface area contributed by atoms with E-state index in [4.69, 9.17) is 38.4 Å². The van der Waals surface area contributed by atoms with Gasteiger partial charge >= 0.3 is 0 Å². The Morgan fingerprint density at radius 1 is 1.02 bits per heavy atom. The van der Waals surface area contributed by atoms with Gasteiger partial charge in [-0.25, -0.2) is 4.68 Å². The van der Waals surface area contributed by atoms with E-state index in [2.05, 4.69) is 0 Å². The van der Waals surface area contributed by atoms with Crippen molar-refractivity contribution in [2.45, 2.75) is 20.0 Å². The molecule has 2 heterocycles. The van der Waals surface area contributed by atoms with Gasteiger partial charge in [0.25, 0.3) is 5.91 Å². The van der Waals surface area contributed by atoms with Crippen LogP contribution < -0.4 is 4.74 Å². The van der Waals surface area contributed by atoms with Gasteiger partial charge < -0.3 is 9.47 Å². The van der Waals surface area contributed by atoms with Gasteiger partial charge in [-0.05, 0) is 73.5 Å². The van der Waals surface area contributed by atoms with Gasteiger partial charge in [0.1, 0.15) is 16.7 Å². The van der Waals surface area contributed by atoms with Crippen LogP contribution in [-0.4, -0.2) is 44.7 Å². The molecule has 4 aromatic rings. The van der Waals surface area contributed by atoms with Crippen molar-refractivity contribution >= 4 is 51.9 Å². The average Bonchev–Trinajstić information content (AvgIpc) is 3.52. The number of hydrogen-bond acceptors (Lipinski definition) is 6. The zero-order valence-electron chi connectivity index (χ0n) is 22.0. The maximum atomic E-state index is 13.2. The van der Waals surface area contributed by atoms with E-state index in [1.807, 2.05) is 103 Å². The molecule has 0 spiro atoms. The van der Waals surface area contributed by atoms with E-state index in [-0.39, 0.29) is 5.91 Å². The SMILES string of the molecule is CCOCCCN1C(=O)/C(=C/c2cn(-c3ccccc3)nc2-c2ccc(OCc3ccc(Cl)cc3)cc2)SC1=S. The molecular weight excluding hydrogens is 562 g/mol. The molecule has 1 aliphatic rings. The molecular formula is C31H28ClN3O3S2. The number of para-hydroxylation sites is 1. The average molecular weight is 590 g/mol. The molecule has 0 atom stereocenters. The zero-order valence-corrected chi connectivity index (χ0v) is 24.3. The Morgan fingerprint density at radius 3 is 2.50 bits per heavy atom. The summed E-state index contributed by atoms with van der Waals surface area (Å²) in [5.41, 5.74) is 4.46. The molecule has 0 bridgehead atoms. The van der Waals surface area contributed by atoms with Crippen molar-refractivity contribution in [2.75, 3.05) is 19.8 Å². The first-order valence-corrected chi connectivity index (χ1v) is 14.6. The highest BCUT2D eigenvalue weighted by atomic mass is 35.5. The second-order valence-corrected chi connectivity index (χ2v) is 11.1. The highest BCUT2D eigenvalue weighted by Crippen LogP contribution is 2.35. The number of amides is 1. The van der Waals surface area contributed by atoms with Crippen molar-refractivity contribution in [1.82, 2.24) is 14.7 Å². The Balaban J connectivity index is 1.39. The van der Waals surface area contributed by atoms with E-state index < -0.39 is 0 Å². The summed E-state index contributed by atoms with van der Waals surface area (Å²) in [6.07, 6.45) is 4.56. The summed E-state index contributed by atoms with van der Waals surface area (Å²) in [5.74, 6) is 0.659. The molecule has 1 saturated heterocycles. The molecule has 3 aromatic carbocycles. The van der Waals surface area contributed by atoms with Crippen LogP contribution in [0.3, 0.4) is 0 Å². The van der Waals surface area contributed by atoms with Crippen LogP contribution in [0.4, 0.5) is 0 Å². The van der Waals surface area contributed by atoms with Crippen molar-refractivity contribution < 1.29 is 14.3 Å². The van der Waals surface area contributed by atoms with Gasteiger partial charge in [-0.15, -0.1) is 0 Å². The quantitative estimate of drug-likeness (QED) is 0.103. The van der Waals surface area contributed by atoms with Crippen molar-refractivity contribution in [3.05, 3.63) is 106 Å². The first kappa shape index (κ1) is 28.1. The lowest BCUT2D eigenvalue weighted by Gasteiger charge is -2.13. The Bertz CT molecular complexity index is 1500. The molecule has 1 amide bonds. The fraction of sp³-hybridized carbons (Fsp3) is 0.194. The van der Waals surface area contributed by atoms with Crippen LogP contribution in [0.1, 0.15) is 24.5 Å². The van der Waals surface area contributed by atoms with Crippen LogP contribution in [0.25, 0.3) is 23.0 Å². The fourth-order valence-electron chi connectivity index (χ4n) is 4.19. The third-order valence-electron chi connectivity index (χ3n) is 6.24. The first-order valence-electron chi connectivity index (χ1n) is 13.0. The topological polar surface area (TPSA) is 56.6 Å².